The van der Waals surface area contributed by atoms with Crippen molar-refractivity contribution in [3.8, 4) is 11.5 Å². The van der Waals surface area contributed by atoms with Gasteiger partial charge in [-0.25, -0.2) is 0 Å². The van der Waals surface area contributed by atoms with Crippen molar-refractivity contribution in [1.29, 1.82) is 0 Å². The van der Waals surface area contributed by atoms with E-state index in [2.05, 4.69) is 19.2 Å². The van der Waals surface area contributed by atoms with Gasteiger partial charge in [-0.15, -0.1) is 0 Å². The van der Waals surface area contributed by atoms with Crippen LogP contribution >= 0.6 is 0 Å². The Labute approximate surface area is 182 Å². The van der Waals surface area contributed by atoms with Crippen molar-refractivity contribution in [1.82, 2.24) is 5.32 Å². The number of ether oxygens (including phenoxy) is 3. The van der Waals surface area contributed by atoms with Crippen molar-refractivity contribution in [2.24, 2.45) is 28.6 Å². The van der Waals surface area contributed by atoms with E-state index in [1.165, 1.54) is 7.11 Å². The molecule has 3 fully saturated rings. The van der Waals surface area contributed by atoms with E-state index >= 15 is 0 Å². The number of nitrogens with one attached hydrogen (secondary N) is 1. The van der Waals surface area contributed by atoms with Crippen LogP contribution in [0.25, 0.3) is 0 Å². The molecule has 7 heteroatoms. The lowest BCUT2D eigenvalue weighted by Gasteiger charge is -2.53. The fraction of sp³-hybridized carbons (Fsp3) is 0.708. The Morgan fingerprint density at radius 2 is 2.03 bits per heavy atom. The lowest BCUT2D eigenvalue weighted by Crippen LogP contribution is -2.59. The van der Waals surface area contributed by atoms with Crippen LogP contribution in [-0.2, 0) is 9.53 Å². The average molecular weight is 438 g/mol. The number of carbonyl (C=O) groups excluding carboxylic acids is 1. The maximum atomic E-state index is 13.2. The molecule has 0 radical (unpaired) electrons. The summed E-state index contributed by atoms with van der Waals surface area (Å²) in [6.45, 7) is 5.86. The number of fused-ring (bicyclic) bond motifs is 1. The van der Waals surface area contributed by atoms with E-state index < -0.39 is 6.61 Å². The Morgan fingerprint density at radius 1 is 1.29 bits per heavy atom. The van der Waals surface area contributed by atoms with Crippen molar-refractivity contribution in [2.75, 3.05) is 13.7 Å². The molecule has 1 aromatic rings. The highest BCUT2D eigenvalue weighted by Gasteiger charge is 2.68. The summed E-state index contributed by atoms with van der Waals surface area (Å²) < 4.78 is 42.9. The van der Waals surface area contributed by atoms with Crippen LogP contribution in [0.2, 0.25) is 0 Å². The molecule has 31 heavy (non-hydrogen) atoms. The maximum absolute atomic E-state index is 13.2. The van der Waals surface area contributed by atoms with E-state index in [1.54, 1.807) is 18.2 Å². The van der Waals surface area contributed by atoms with Gasteiger partial charge in [0.25, 0.3) is 0 Å². The summed E-state index contributed by atoms with van der Waals surface area (Å²) >= 11 is 0. The first kappa shape index (κ1) is 22.3. The number of hydrogen-bond acceptors (Lipinski definition) is 4. The quantitative estimate of drug-likeness (QED) is 0.684. The predicted octanol–water partition coefficient (Wildman–Crippen LogP) is 4.95. The lowest BCUT2D eigenvalue weighted by atomic mass is 9.58. The van der Waals surface area contributed by atoms with Gasteiger partial charge in [-0.2, -0.15) is 8.78 Å². The van der Waals surface area contributed by atoms with Gasteiger partial charge in [-0.05, 0) is 48.0 Å². The van der Waals surface area contributed by atoms with Gasteiger partial charge in [-0.1, -0.05) is 39.8 Å². The second kappa shape index (κ2) is 7.91. The normalized spacial score (nSPS) is 33.5. The molecule has 1 spiro atoms. The van der Waals surface area contributed by atoms with Gasteiger partial charge in [0.05, 0.1) is 13.2 Å². The zero-order valence-electron chi connectivity index (χ0n) is 18.9. The zero-order chi connectivity index (χ0) is 22.6. The topological polar surface area (TPSA) is 56.8 Å². The number of hydrogen-bond donors (Lipinski definition) is 1. The first-order valence-electron chi connectivity index (χ1n) is 11.2. The molecule has 4 rings (SSSR count). The Kier molecular flexibility index (Phi) is 5.69. The van der Waals surface area contributed by atoms with Crippen LogP contribution in [0.4, 0.5) is 8.78 Å². The van der Waals surface area contributed by atoms with Crippen LogP contribution in [0.1, 0.15) is 58.6 Å². The molecule has 3 aliphatic rings. The lowest BCUT2D eigenvalue weighted by molar-refractivity contribution is -0.140. The number of benzene rings is 1. The summed E-state index contributed by atoms with van der Waals surface area (Å²) in [5, 5.41) is 3.36. The SMILES string of the molecule is COc1cccc([C@H]2OCC[C@@]34C[C@@H](C[C@H]23)C(C)(C)[C@H]4NC(=O)C(C)C)c1OC(F)F. The Morgan fingerprint density at radius 3 is 2.68 bits per heavy atom. The Bertz CT molecular complexity index is 843. The Hall–Kier alpha value is -1.89. The summed E-state index contributed by atoms with van der Waals surface area (Å²) in [4.78, 5) is 12.7. The van der Waals surface area contributed by atoms with Gasteiger partial charge < -0.3 is 19.5 Å². The number of halogens is 2. The first-order chi connectivity index (χ1) is 14.6. The van der Waals surface area contributed by atoms with Gasteiger partial charge in [0, 0.05) is 24.1 Å². The summed E-state index contributed by atoms with van der Waals surface area (Å²) in [6.07, 6.45) is 2.43. The van der Waals surface area contributed by atoms with Crippen LogP contribution in [0.5, 0.6) is 11.5 Å². The van der Waals surface area contributed by atoms with Crippen LogP contribution in [-0.4, -0.2) is 32.3 Å². The smallest absolute Gasteiger partial charge is 0.387 e. The van der Waals surface area contributed by atoms with E-state index in [0.29, 0.717) is 18.1 Å². The standard InChI is InChI=1S/C24H33F2NO4/c1-13(2)20(28)27-21-23(3,4)14-11-16-18(30-10-9-24(16,21)12-14)15-7-6-8-17(29-5)19(15)31-22(25)26/h6-8,13-14,16,18,21-22H,9-12H2,1-5H3,(H,27,28)/t14-,16-,18-,21-,24-/m1/s1. The van der Waals surface area contributed by atoms with E-state index in [4.69, 9.17) is 14.2 Å². The summed E-state index contributed by atoms with van der Waals surface area (Å²) in [6, 6.07) is 5.22. The molecule has 1 aliphatic heterocycles. The third-order valence-electron chi connectivity index (χ3n) is 8.06. The van der Waals surface area contributed by atoms with Gasteiger partial charge >= 0.3 is 6.61 Å². The molecule has 0 aromatic heterocycles. The minimum absolute atomic E-state index is 0.0233. The van der Waals surface area contributed by atoms with Gasteiger partial charge in [0.1, 0.15) is 0 Å². The fourth-order valence-electron chi connectivity index (χ4n) is 6.54. The highest BCUT2D eigenvalue weighted by atomic mass is 19.3. The molecule has 2 aliphatic carbocycles. The molecule has 2 bridgehead atoms. The molecule has 5 atom stereocenters. The molecule has 1 amide bonds. The summed E-state index contributed by atoms with van der Waals surface area (Å²) in [5.41, 5.74) is 0.454. The molecule has 1 heterocycles. The average Bonchev–Trinajstić information content (AvgIpc) is 3.20. The highest BCUT2D eigenvalue weighted by Crippen LogP contribution is 2.71. The number of alkyl halides is 2. The number of carbonyl (C=O) groups is 1. The molecule has 1 N–H and O–H groups in total. The van der Waals surface area contributed by atoms with Crippen molar-refractivity contribution in [3.05, 3.63) is 23.8 Å². The molecule has 172 valence electrons. The molecule has 2 saturated carbocycles. The van der Waals surface area contributed by atoms with Crippen molar-refractivity contribution in [3.63, 3.8) is 0 Å². The number of rotatable bonds is 6. The molecule has 0 unspecified atom stereocenters. The van der Waals surface area contributed by atoms with Crippen LogP contribution in [0, 0.1) is 28.6 Å². The van der Waals surface area contributed by atoms with E-state index in [9.17, 15) is 13.6 Å². The van der Waals surface area contributed by atoms with Gasteiger partial charge in [-0.3, -0.25) is 4.79 Å². The van der Waals surface area contributed by atoms with Crippen LogP contribution in [0.3, 0.4) is 0 Å². The second-order valence-electron chi connectivity index (χ2n) is 10.2. The summed E-state index contributed by atoms with van der Waals surface area (Å²) in [7, 11) is 1.44. The predicted molar refractivity (Wildman–Crippen MR) is 112 cm³/mol. The number of amides is 1. The number of para-hydroxylation sites is 1. The minimum atomic E-state index is -2.95. The van der Waals surface area contributed by atoms with Crippen LogP contribution in [0.15, 0.2) is 18.2 Å². The Balaban J connectivity index is 1.73. The third-order valence-corrected chi connectivity index (χ3v) is 8.06. The van der Waals surface area contributed by atoms with E-state index in [0.717, 1.165) is 19.3 Å². The van der Waals surface area contributed by atoms with Gasteiger partial charge in [0.15, 0.2) is 11.5 Å². The van der Waals surface area contributed by atoms with Crippen molar-refractivity contribution in [2.45, 2.75) is 65.7 Å². The molecule has 5 nitrogen and oxygen atoms in total. The first-order valence-corrected chi connectivity index (χ1v) is 11.2. The number of methoxy groups -OCH3 is 1. The van der Waals surface area contributed by atoms with Gasteiger partial charge in [0.2, 0.25) is 5.91 Å². The second-order valence-corrected chi connectivity index (χ2v) is 10.2. The third kappa shape index (κ3) is 3.49. The van der Waals surface area contributed by atoms with Crippen molar-refractivity contribution < 1.29 is 27.8 Å². The fourth-order valence-corrected chi connectivity index (χ4v) is 6.54. The largest absolute Gasteiger partial charge is 0.493 e. The molecule has 1 aromatic carbocycles. The molecule has 1 saturated heterocycles. The molecular weight excluding hydrogens is 404 g/mol. The maximum Gasteiger partial charge on any atom is 0.387 e. The van der Waals surface area contributed by atoms with Crippen LogP contribution < -0.4 is 14.8 Å². The monoisotopic (exact) mass is 437 g/mol. The minimum Gasteiger partial charge on any atom is -0.493 e. The van der Waals surface area contributed by atoms with Crippen molar-refractivity contribution >= 4 is 5.91 Å². The van der Waals surface area contributed by atoms with E-state index in [1.807, 2.05) is 13.8 Å². The zero-order valence-corrected chi connectivity index (χ0v) is 18.9. The van der Waals surface area contributed by atoms with E-state index in [-0.39, 0.29) is 52.2 Å². The summed E-state index contributed by atoms with van der Waals surface area (Å²) in [5.74, 6) is 0.837. The molecular formula is C24H33F2NO4. The highest BCUT2D eigenvalue weighted by molar-refractivity contribution is 5.78.